The van der Waals surface area contributed by atoms with Crippen LogP contribution in [0.2, 0.25) is 0 Å². The molecule has 0 saturated heterocycles. The van der Waals surface area contributed by atoms with Crippen molar-refractivity contribution in [3.8, 4) is 22.3 Å². The van der Waals surface area contributed by atoms with Crippen LogP contribution in [0.15, 0.2) is 176 Å². The molecule has 1 heterocycles. The summed E-state index contributed by atoms with van der Waals surface area (Å²) in [4.78, 5) is 2.42. The summed E-state index contributed by atoms with van der Waals surface area (Å²) in [5.74, 6) is 0. The topological polar surface area (TPSA) is 3.24 Å². The van der Waals surface area contributed by atoms with Gasteiger partial charge in [-0.3, -0.25) is 0 Å². The minimum Gasteiger partial charge on any atom is -0.310 e. The third-order valence-electron chi connectivity index (χ3n) is 9.06. The summed E-state index contributed by atoms with van der Waals surface area (Å²) in [6, 6.07) is 63.9. The van der Waals surface area contributed by atoms with E-state index in [1.807, 2.05) is 11.3 Å². The number of hydrogen-bond acceptors (Lipinski definition) is 2. The van der Waals surface area contributed by atoms with Gasteiger partial charge in [-0.15, -0.1) is 11.3 Å². The van der Waals surface area contributed by atoms with Crippen LogP contribution >= 0.6 is 11.3 Å². The Morgan fingerprint density at radius 1 is 0.370 bits per heavy atom. The van der Waals surface area contributed by atoms with Gasteiger partial charge in [-0.1, -0.05) is 133 Å². The largest absolute Gasteiger partial charge is 0.310 e. The van der Waals surface area contributed by atoms with Crippen molar-refractivity contribution in [2.24, 2.45) is 0 Å². The number of nitrogens with zero attached hydrogens (tertiary/aromatic N) is 1. The molecule has 0 spiro atoms. The Bertz CT molecular complexity index is 2520. The maximum absolute atomic E-state index is 2.42. The minimum atomic E-state index is 1.12. The van der Waals surface area contributed by atoms with Gasteiger partial charge >= 0.3 is 0 Å². The fourth-order valence-electron chi connectivity index (χ4n) is 6.90. The lowest BCUT2D eigenvalue weighted by Gasteiger charge is -2.28. The number of anilines is 3. The number of benzene rings is 8. The van der Waals surface area contributed by atoms with Crippen molar-refractivity contribution < 1.29 is 0 Å². The van der Waals surface area contributed by atoms with E-state index < -0.39 is 0 Å². The minimum absolute atomic E-state index is 1.12. The van der Waals surface area contributed by atoms with Gasteiger partial charge in [-0.2, -0.15) is 0 Å². The van der Waals surface area contributed by atoms with Crippen molar-refractivity contribution >= 4 is 70.1 Å². The van der Waals surface area contributed by atoms with Crippen molar-refractivity contribution in [2.45, 2.75) is 0 Å². The molecule has 0 bridgehead atoms. The average Bonchev–Trinajstić information content (AvgIpc) is 3.52. The number of thiophene rings is 1. The molecule has 0 aliphatic carbocycles. The summed E-state index contributed by atoms with van der Waals surface area (Å²) >= 11 is 1.87. The number of para-hydroxylation sites is 1. The molecule has 0 saturated carbocycles. The monoisotopic (exact) mass is 603 g/mol. The molecule has 0 aliphatic rings. The molecule has 1 aromatic heterocycles. The molecule has 216 valence electrons. The summed E-state index contributed by atoms with van der Waals surface area (Å²) in [6.45, 7) is 0. The molecular weight excluding hydrogens is 575 g/mol. The molecule has 0 amide bonds. The zero-order chi connectivity index (χ0) is 30.5. The Balaban J connectivity index is 1.26. The van der Waals surface area contributed by atoms with Gasteiger partial charge in [0.05, 0.1) is 5.69 Å². The lowest BCUT2D eigenvalue weighted by Crippen LogP contribution is -2.11. The molecule has 0 N–H and O–H groups in total. The van der Waals surface area contributed by atoms with Gasteiger partial charge in [0.2, 0.25) is 0 Å². The van der Waals surface area contributed by atoms with Gasteiger partial charge in [0.1, 0.15) is 0 Å². The van der Waals surface area contributed by atoms with E-state index in [1.54, 1.807) is 0 Å². The van der Waals surface area contributed by atoms with Crippen molar-refractivity contribution in [2.75, 3.05) is 4.90 Å². The highest BCUT2D eigenvalue weighted by atomic mass is 32.1. The molecule has 9 rings (SSSR count). The third-order valence-corrected chi connectivity index (χ3v) is 10.2. The van der Waals surface area contributed by atoms with Crippen LogP contribution in [0.1, 0.15) is 0 Å². The molecule has 0 unspecified atom stereocenters. The Labute approximate surface area is 272 Å². The van der Waals surface area contributed by atoms with E-state index in [2.05, 4.69) is 181 Å². The van der Waals surface area contributed by atoms with E-state index >= 15 is 0 Å². The Kier molecular flexibility index (Phi) is 6.40. The average molecular weight is 604 g/mol. The highest BCUT2D eigenvalue weighted by Gasteiger charge is 2.19. The first kappa shape index (κ1) is 26.7. The number of rotatable bonds is 5. The summed E-state index contributed by atoms with van der Waals surface area (Å²) in [6.07, 6.45) is 0. The Morgan fingerprint density at radius 2 is 1.00 bits per heavy atom. The van der Waals surface area contributed by atoms with Gasteiger partial charge in [0.15, 0.2) is 0 Å². The second kappa shape index (κ2) is 11.0. The predicted molar refractivity (Wildman–Crippen MR) is 200 cm³/mol. The first-order chi connectivity index (χ1) is 22.8. The second-order valence-corrected chi connectivity index (χ2v) is 12.8. The molecule has 46 heavy (non-hydrogen) atoms. The molecule has 9 aromatic rings. The van der Waals surface area contributed by atoms with Gasteiger partial charge in [0, 0.05) is 37.1 Å². The summed E-state index contributed by atoms with van der Waals surface area (Å²) in [5.41, 5.74) is 8.25. The Morgan fingerprint density at radius 3 is 1.89 bits per heavy atom. The second-order valence-electron chi connectivity index (χ2n) is 11.7. The van der Waals surface area contributed by atoms with Crippen LogP contribution < -0.4 is 4.90 Å². The van der Waals surface area contributed by atoms with E-state index in [1.165, 1.54) is 64.0 Å². The Hall–Kier alpha value is -5.70. The van der Waals surface area contributed by atoms with Crippen LogP contribution in [0.4, 0.5) is 17.1 Å². The van der Waals surface area contributed by atoms with E-state index in [9.17, 15) is 0 Å². The highest BCUT2D eigenvalue weighted by molar-refractivity contribution is 7.26. The lowest BCUT2D eigenvalue weighted by molar-refractivity contribution is 1.29. The van der Waals surface area contributed by atoms with Crippen LogP contribution in [0, 0.1) is 0 Å². The van der Waals surface area contributed by atoms with Crippen LogP contribution in [-0.2, 0) is 0 Å². The van der Waals surface area contributed by atoms with Crippen LogP contribution in [0.25, 0.3) is 64.0 Å². The third kappa shape index (κ3) is 4.46. The van der Waals surface area contributed by atoms with Crippen molar-refractivity contribution in [1.29, 1.82) is 0 Å². The smallest absolute Gasteiger partial charge is 0.0540 e. The van der Waals surface area contributed by atoms with E-state index in [4.69, 9.17) is 0 Å². The van der Waals surface area contributed by atoms with Crippen LogP contribution in [0.5, 0.6) is 0 Å². The molecule has 8 aromatic carbocycles. The highest BCUT2D eigenvalue weighted by Crippen LogP contribution is 2.44. The molecule has 0 radical (unpaired) electrons. The van der Waals surface area contributed by atoms with E-state index in [0.29, 0.717) is 0 Å². The number of fused-ring (bicyclic) bond motifs is 6. The summed E-state index contributed by atoms with van der Waals surface area (Å²) < 4.78 is 2.65. The fraction of sp³-hybridized carbons (Fsp3) is 0. The SMILES string of the molecule is c1ccc(-c2ccccc2N(c2ccc(-c3cccc4ccccc34)cc2)c2ccc3ccc4sc5ccccc5c4c3c2)cc1. The van der Waals surface area contributed by atoms with Crippen LogP contribution in [0.3, 0.4) is 0 Å². The first-order valence-corrected chi connectivity index (χ1v) is 16.5. The van der Waals surface area contributed by atoms with Crippen molar-refractivity contribution in [3.63, 3.8) is 0 Å². The number of hydrogen-bond donors (Lipinski definition) is 0. The molecule has 0 fully saturated rings. The maximum Gasteiger partial charge on any atom is 0.0540 e. The molecular formula is C44H29NS. The zero-order valence-electron chi connectivity index (χ0n) is 25.1. The lowest BCUT2D eigenvalue weighted by atomic mass is 9.97. The van der Waals surface area contributed by atoms with Gasteiger partial charge in [0.25, 0.3) is 0 Å². The van der Waals surface area contributed by atoms with E-state index in [-0.39, 0.29) is 0 Å². The van der Waals surface area contributed by atoms with Crippen molar-refractivity contribution in [1.82, 2.24) is 0 Å². The summed E-state index contributed by atoms with van der Waals surface area (Å²) in [7, 11) is 0. The van der Waals surface area contributed by atoms with Crippen LogP contribution in [-0.4, -0.2) is 0 Å². The standard InChI is InChI=1S/C44H29NS/c1-2-11-31(12-3-1)38-16-6-8-19-41(38)45(34-25-21-32(22-26-34)37-18-10-14-30-13-4-5-15-36(30)37)35-27-23-33-24-28-43-44(40(33)29-35)39-17-7-9-20-42(39)46-43/h1-29H. The van der Waals surface area contributed by atoms with Gasteiger partial charge in [-0.25, -0.2) is 0 Å². The fourth-order valence-corrected chi connectivity index (χ4v) is 8.02. The van der Waals surface area contributed by atoms with Gasteiger partial charge < -0.3 is 4.90 Å². The first-order valence-electron chi connectivity index (χ1n) is 15.7. The molecule has 1 nitrogen and oxygen atoms in total. The summed E-state index contributed by atoms with van der Waals surface area (Å²) in [5, 5.41) is 7.71. The normalized spacial score (nSPS) is 11.5. The van der Waals surface area contributed by atoms with Gasteiger partial charge in [-0.05, 0) is 80.7 Å². The quantitative estimate of drug-likeness (QED) is 0.189. The van der Waals surface area contributed by atoms with Crippen molar-refractivity contribution in [3.05, 3.63) is 176 Å². The molecule has 0 atom stereocenters. The zero-order valence-corrected chi connectivity index (χ0v) is 25.9. The maximum atomic E-state index is 2.42. The predicted octanol–water partition coefficient (Wildman–Crippen LogP) is 13.2. The molecule has 2 heteroatoms. The molecule has 0 aliphatic heterocycles. The van der Waals surface area contributed by atoms with E-state index in [0.717, 1.165) is 17.1 Å².